The highest BCUT2D eigenvalue weighted by Gasteiger charge is 2.50. The number of nitrogens with one attached hydrogen (secondary N) is 1. The molecule has 0 atom stereocenters. The summed E-state index contributed by atoms with van der Waals surface area (Å²) in [6.45, 7) is 3.72. The number of methoxy groups -OCH3 is 1. The predicted molar refractivity (Wildman–Crippen MR) is 42.2 cm³/mol. The first-order valence-electron chi connectivity index (χ1n) is 4.04. The van der Waals surface area contributed by atoms with Gasteiger partial charge in [0.2, 0.25) is 0 Å². The third-order valence-electron chi connectivity index (χ3n) is 2.19. The molecule has 0 aromatic heterocycles. The van der Waals surface area contributed by atoms with Gasteiger partial charge < -0.3 is 10.1 Å². The Labute approximate surface area is 67.1 Å². The van der Waals surface area contributed by atoms with E-state index in [0.717, 1.165) is 25.9 Å². The number of hydrogen-bond donors (Lipinski definition) is 1. The molecule has 1 fully saturated rings. The second-order valence-electron chi connectivity index (χ2n) is 3.05. The van der Waals surface area contributed by atoms with Gasteiger partial charge in [0.1, 0.15) is 0 Å². The van der Waals surface area contributed by atoms with Crippen LogP contribution in [0.3, 0.4) is 0 Å². The van der Waals surface area contributed by atoms with Crippen molar-refractivity contribution in [2.24, 2.45) is 5.41 Å². The molecule has 1 N–H and O–H groups in total. The molecule has 0 radical (unpaired) electrons. The highest BCUT2D eigenvalue weighted by atomic mass is 16.5. The fourth-order valence-electron chi connectivity index (χ4n) is 1.18. The van der Waals surface area contributed by atoms with E-state index in [0.29, 0.717) is 0 Å². The van der Waals surface area contributed by atoms with Gasteiger partial charge in [-0.3, -0.25) is 4.79 Å². The summed E-state index contributed by atoms with van der Waals surface area (Å²) in [6, 6.07) is 0. The lowest BCUT2D eigenvalue weighted by Gasteiger charge is -2.11. The average Bonchev–Trinajstić information content (AvgIpc) is 2.80. The molecule has 0 aliphatic heterocycles. The van der Waals surface area contributed by atoms with Crippen molar-refractivity contribution in [3.05, 3.63) is 0 Å². The number of rotatable bonds is 4. The summed E-state index contributed by atoms with van der Waals surface area (Å²) in [6.07, 6.45) is 1.96. The van der Waals surface area contributed by atoms with Crippen LogP contribution in [0.2, 0.25) is 0 Å². The van der Waals surface area contributed by atoms with Crippen molar-refractivity contribution < 1.29 is 9.53 Å². The van der Waals surface area contributed by atoms with E-state index in [-0.39, 0.29) is 11.4 Å². The number of carbonyl (C=O) groups is 1. The first-order valence-corrected chi connectivity index (χ1v) is 4.04. The molecule has 1 rings (SSSR count). The molecule has 11 heavy (non-hydrogen) atoms. The molecule has 1 aliphatic rings. The molecule has 0 heterocycles. The fourth-order valence-corrected chi connectivity index (χ4v) is 1.18. The number of ether oxygens (including phenoxy) is 1. The Morgan fingerprint density at radius 1 is 1.64 bits per heavy atom. The Morgan fingerprint density at radius 3 is 2.64 bits per heavy atom. The third-order valence-corrected chi connectivity index (χ3v) is 2.19. The Bertz CT molecular complexity index is 152. The van der Waals surface area contributed by atoms with Crippen LogP contribution in [0.5, 0.6) is 0 Å². The molecule has 0 unspecified atom stereocenters. The molecule has 0 bridgehead atoms. The predicted octanol–water partition coefficient (Wildman–Crippen LogP) is 0.549. The van der Waals surface area contributed by atoms with E-state index in [4.69, 9.17) is 4.74 Å². The molecular formula is C8H15NO2. The zero-order valence-corrected chi connectivity index (χ0v) is 7.14. The summed E-state index contributed by atoms with van der Waals surface area (Å²) >= 11 is 0. The van der Waals surface area contributed by atoms with E-state index in [1.807, 2.05) is 6.92 Å². The topological polar surface area (TPSA) is 38.3 Å². The lowest BCUT2D eigenvalue weighted by molar-refractivity contribution is -0.146. The molecule has 0 aromatic rings. The maximum Gasteiger partial charge on any atom is 0.313 e. The van der Waals surface area contributed by atoms with Crippen LogP contribution in [0.15, 0.2) is 0 Å². The first-order chi connectivity index (χ1) is 5.25. The van der Waals surface area contributed by atoms with Crippen molar-refractivity contribution in [3.8, 4) is 0 Å². The summed E-state index contributed by atoms with van der Waals surface area (Å²) in [5.41, 5.74) is -0.162. The maximum atomic E-state index is 11.1. The standard InChI is InChI=1S/C8H15NO2/c1-3-9-6-8(4-5-8)7(10)11-2/h9H,3-6H2,1-2H3. The largest absolute Gasteiger partial charge is 0.469 e. The van der Waals surface area contributed by atoms with E-state index in [1.54, 1.807) is 0 Å². The Balaban J connectivity index is 2.34. The monoisotopic (exact) mass is 157 g/mol. The molecule has 0 saturated heterocycles. The van der Waals surface area contributed by atoms with Gasteiger partial charge in [-0.05, 0) is 19.4 Å². The lowest BCUT2D eigenvalue weighted by atomic mass is 10.1. The fraction of sp³-hybridized carbons (Fsp3) is 0.875. The minimum atomic E-state index is -0.162. The Morgan fingerprint density at radius 2 is 2.27 bits per heavy atom. The summed E-state index contributed by atoms with van der Waals surface area (Å²) < 4.78 is 4.70. The van der Waals surface area contributed by atoms with Gasteiger partial charge in [-0.1, -0.05) is 6.92 Å². The van der Waals surface area contributed by atoms with Crippen molar-refractivity contribution in [3.63, 3.8) is 0 Å². The highest BCUT2D eigenvalue weighted by Crippen LogP contribution is 2.45. The average molecular weight is 157 g/mol. The molecule has 3 nitrogen and oxygen atoms in total. The summed E-state index contributed by atoms with van der Waals surface area (Å²) in [5.74, 6) is -0.0570. The zero-order valence-electron chi connectivity index (χ0n) is 7.14. The van der Waals surface area contributed by atoms with Crippen LogP contribution < -0.4 is 5.32 Å². The van der Waals surface area contributed by atoms with Crippen LogP contribution in [0, 0.1) is 5.41 Å². The molecule has 1 saturated carbocycles. The normalized spacial score (nSPS) is 19.5. The van der Waals surface area contributed by atoms with Gasteiger partial charge in [0.25, 0.3) is 0 Å². The summed E-state index contributed by atoms with van der Waals surface area (Å²) in [7, 11) is 1.45. The van der Waals surface area contributed by atoms with Crippen molar-refractivity contribution >= 4 is 5.97 Å². The molecule has 0 amide bonds. The highest BCUT2D eigenvalue weighted by molar-refractivity contribution is 5.80. The summed E-state index contributed by atoms with van der Waals surface area (Å²) in [5, 5.41) is 3.17. The molecule has 64 valence electrons. The zero-order chi connectivity index (χ0) is 8.32. The maximum absolute atomic E-state index is 11.1. The number of carbonyl (C=O) groups excluding carboxylic acids is 1. The quantitative estimate of drug-likeness (QED) is 0.606. The van der Waals surface area contributed by atoms with Crippen LogP contribution in [-0.4, -0.2) is 26.2 Å². The molecule has 0 aromatic carbocycles. The molecule has 0 spiro atoms. The van der Waals surface area contributed by atoms with Gasteiger partial charge in [0.05, 0.1) is 12.5 Å². The second-order valence-corrected chi connectivity index (χ2v) is 3.05. The van der Waals surface area contributed by atoms with E-state index in [2.05, 4.69) is 5.32 Å². The smallest absolute Gasteiger partial charge is 0.313 e. The van der Waals surface area contributed by atoms with Gasteiger partial charge >= 0.3 is 5.97 Å². The summed E-state index contributed by atoms with van der Waals surface area (Å²) in [4.78, 5) is 11.1. The SMILES string of the molecule is CCNCC1(C(=O)OC)CC1. The van der Waals surface area contributed by atoms with Gasteiger partial charge in [-0.25, -0.2) is 0 Å². The van der Waals surface area contributed by atoms with Gasteiger partial charge in [0, 0.05) is 6.54 Å². The van der Waals surface area contributed by atoms with Crippen molar-refractivity contribution in [2.45, 2.75) is 19.8 Å². The van der Waals surface area contributed by atoms with E-state index in [1.165, 1.54) is 7.11 Å². The Hall–Kier alpha value is -0.570. The molecule has 3 heteroatoms. The number of hydrogen-bond acceptors (Lipinski definition) is 3. The minimum Gasteiger partial charge on any atom is -0.469 e. The van der Waals surface area contributed by atoms with Crippen LogP contribution in [0.1, 0.15) is 19.8 Å². The van der Waals surface area contributed by atoms with Crippen molar-refractivity contribution in [2.75, 3.05) is 20.2 Å². The lowest BCUT2D eigenvalue weighted by Crippen LogP contribution is -2.30. The van der Waals surface area contributed by atoms with E-state index >= 15 is 0 Å². The van der Waals surface area contributed by atoms with E-state index < -0.39 is 0 Å². The van der Waals surface area contributed by atoms with Crippen LogP contribution >= 0.6 is 0 Å². The minimum absolute atomic E-state index is 0.0570. The van der Waals surface area contributed by atoms with Crippen molar-refractivity contribution in [1.82, 2.24) is 5.32 Å². The van der Waals surface area contributed by atoms with Crippen molar-refractivity contribution in [1.29, 1.82) is 0 Å². The third kappa shape index (κ3) is 1.71. The van der Waals surface area contributed by atoms with Crippen LogP contribution in [-0.2, 0) is 9.53 Å². The van der Waals surface area contributed by atoms with Gasteiger partial charge in [0.15, 0.2) is 0 Å². The van der Waals surface area contributed by atoms with Crippen LogP contribution in [0.4, 0.5) is 0 Å². The van der Waals surface area contributed by atoms with Gasteiger partial charge in [-0.2, -0.15) is 0 Å². The first kappa shape index (κ1) is 8.53. The molecule has 1 aliphatic carbocycles. The molecular weight excluding hydrogens is 142 g/mol. The second kappa shape index (κ2) is 3.22. The van der Waals surface area contributed by atoms with Crippen LogP contribution in [0.25, 0.3) is 0 Å². The Kier molecular flexibility index (Phi) is 2.49. The number of esters is 1. The van der Waals surface area contributed by atoms with E-state index in [9.17, 15) is 4.79 Å². The van der Waals surface area contributed by atoms with Gasteiger partial charge in [-0.15, -0.1) is 0 Å².